The highest BCUT2D eigenvalue weighted by Crippen LogP contribution is 2.50. The van der Waals surface area contributed by atoms with Crippen molar-refractivity contribution in [3.05, 3.63) is 70.1 Å². The first-order chi connectivity index (χ1) is 21.1. The number of methoxy groups -OCH3 is 3. The molecule has 5 rings (SSSR count). The normalized spacial score (nSPS) is 14.6. The molecule has 2 unspecified atom stereocenters. The molecule has 1 aliphatic carbocycles. The fourth-order valence-corrected chi connectivity index (χ4v) is 5.76. The number of anilines is 2. The van der Waals surface area contributed by atoms with Gasteiger partial charge in [0, 0.05) is 18.2 Å². The number of nitrogens with zero attached hydrogens (tertiary/aromatic N) is 1. The molecule has 4 N–H and O–H groups in total. The average Bonchev–Trinajstić information content (AvgIpc) is 3.34. The summed E-state index contributed by atoms with van der Waals surface area (Å²) in [5.74, 6) is 0.760. The molecule has 1 heterocycles. The standard InChI is InChI=1S/C33H37N5O6/c1-17(2)30(33(41)37-20-8-11-24-26(14-20)35-16-34-24)38-25-12-9-21-22(15-27(25)40)23(36-18(3)39)10-7-19-13-28(42-4)31(43-5)32(44-6)29(19)21/h8-9,11-17,23,30H,7,10H2,1-6H3,(H,34,35)(H,36,39)(H,37,41)(H,38,40). The first-order valence-corrected chi connectivity index (χ1v) is 14.4. The number of imidazole rings is 1. The van der Waals surface area contributed by atoms with E-state index >= 15 is 0 Å². The van der Waals surface area contributed by atoms with Gasteiger partial charge in [0.05, 0.1) is 50.4 Å². The minimum atomic E-state index is -0.723. The van der Waals surface area contributed by atoms with Crippen LogP contribution in [0.15, 0.2) is 53.6 Å². The van der Waals surface area contributed by atoms with E-state index in [0.717, 1.165) is 22.2 Å². The van der Waals surface area contributed by atoms with Crippen molar-refractivity contribution >= 4 is 34.2 Å². The first kappa shape index (κ1) is 30.4. The molecule has 3 aromatic carbocycles. The van der Waals surface area contributed by atoms with Crippen molar-refractivity contribution in [2.75, 3.05) is 32.0 Å². The molecule has 4 aromatic rings. The number of nitrogens with one attached hydrogen (secondary N) is 4. The molecular formula is C33H37N5O6. The van der Waals surface area contributed by atoms with Gasteiger partial charge in [-0.3, -0.25) is 14.4 Å². The van der Waals surface area contributed by atoms with Crippen LogP contribution in [0.2, 0.25) is 0 Å². The van der Waals surface area contributed by atoms with E-state index in [1.807, 2.05) is 38.1 Å². The number of rotatable bonds is 9. The Labute approximate surface area is 255 Å². The summed E-state index contributed by atoms with van der Waals surface area (Å²) in [6.45, 7) is 5.27. The van der Waals surface area contributed by atoms with Crippen LogP contribution in [0.4, 0.5) is 11.4 Å². The Bertz CT molecular complexity index is 1780. The molecule has 11 nitrogen and oxygen atoms in total. The number of aryl methyl sites for hydroxylation is 1. The molecule has 44 heavy (non-hydrogen) atoms. The lowest BCUT2D eigenvalue weighted by molar-refractivity contribution is -0.120. The molecule has 0 fully saturated rings. The van der Waals surface area contributed by atoms with Gasteiger partial charge in [-0.05, 0) is 71.8 Å². The van der Waals surface area contributed by atoms with Crippen LogP contribution in [0.5, 0.6) is 17.2 Å². The van der Waals surface area contributed by atoms with Gasteiger partial charge in [0.2, 0.25) is 23.0 Å². The zero-order chi connectivity index (χ0) is 31.5. The topological polar surface area (TPSA) is 144 Å². The summed E-state index contributed by atoms with van der Waals surface area (Å²) in [5, 5.41) is 9.16. The highest BCUT2D eigenvalue weighted by Gasteiger charge is 2.30. The molecular weight excluding hydrogens is 562 g/mol. The fraction of sp³-hybridized carbons (Fsp3) is 0.333. The largest absolute Gasteiger partial charge is 0.493 e. The molecule has 11 heteroatoms. The third kappa shape index (κ3) is 5.90. The van der Waals surface area contributed by atoms with E-state index in [2.05, 4.69) is 25.9 Å². The van der Waals surface area contributed by atoms with Crippen molar-refractivity contribution in [2.24, 2.45) is 5.92 Å². The molecule has 1 aliphatic rings. The Morgan fingerprint density at radius 1 is 1.00 bits per heavy atom. The van der Waals surface area contributed by atoms with Crippen molar-refractivity contribution in [1.82, 2.24) is 15.3 Å². The van der Waals surface area contributed by atoms with Crippen molar-refractivity contribution in [1.29, 1.82) is 0 Å². The fourth-order valence-electron chi connectivity index (χ4n) is 5.76. The number of H-pyrrole nitrogens is 1. The molecule has 0 radical (unpaired) electrons. The molecule has 1 aromatic heterocycles. The van der Waals surface area contributed by atoms with E-state index in [1.54, 1.807) is 32.7 Å². The molecule has 2 atom stereocenters. The smallest absolute Gasteiger partial charge is 0.247 e. The van der Waals surface area contributed by atoms with Crippen molar-refractivity contribution in [3.63, 3.8) is 0 Å². The van der Waals surface area contributed by atoms with Gasteiger partial charge in [-0.15, -0.1) is 0 Å². The van der Waals surface area contributed by atoms with Gasteiger partial charge < -0.3 is 35.1 Å². The van der Waals surface area contributed by atoms with E-state index in [9.17, 15) is 14.4 Å². The Morgan fingerprint density at radius 2 is 1.77 bits per heavy atom. The lowest BCUT2D eigenvalue weighted by Crippen LogP contribution is -2.39. The van der Waals surface area contributed by atoms with Crippen molar-refractivity contribution in [3.8, 4) is 28.4 Å². The summed E-state index contributed by atoms with van der Waals surface area (Å²) >= 11 is 0. The minimum absolute atomic E-state index is 0.154. The van der Waals surface area contributed by atoms with Gasteiger partial charge in [-0.2, -0.15) is 0 Å². The summed E-state index contributed by atoms with van der Waals surface area (Å²) in [6, 6.07) is 11.2. The molecule has 0 bridgehead atoms. The quantitative estimate of drug-likeness (QED) is 0.215. The number of benzene rings is 2. The zero-order valence-electron chi connectivity index (χ0n) is 25.7. The molecule has 0 saturated carbocycles. The van der Waals surface area contributed by atoms with Crippen LogP contribution in [0.3, 0.4) is 0 Å². The number of hydrogen-bond acceptors (Lipinski definition) is 8. The highest BCUT2D eigenvalue weighted by atomic mass is 16.5. The van der Waals surface area contributed by atoms with Crippen LogP contribution in [-0.4, -0.2) is 49.2 Å². The van der Waals surface area contributed by atoms with Crippen LogP contribution >= 0.6 is 0 Å². The number of amides is 2. The van der Waals surface area contributed by atoms with Crippen LogP contribution < -0.4 is 35.6 Å². The summed E-state index contributed by atoms with van der Waals surface area (Å²) in [4.78, 5) is 46.8. The van der Waals surface area contributed by atoms with Crippen LogP contribution in [0.1, 0.15) is 44.4 Å². The van der Waals surface area contributed by atoms with Crippen LogP contribution in [-0.2, 0) is 16.0 Å². The summed E-state index contributed by atoms with van der Waals surface area (Å²) in [5.41, 5.74) is 5.16. The number of fused-ring (bicyclic) bond motifs is 4. The molecule has 2 amide bonds. The van der Waals surface area contributed by atoms with E-state index < -0.39 is 12.1 Å². The predicted molar refractivity (Wildman–Crippen MR) is 170 cm³/mol. The van der Waals surface area contributed by atoms with E-state index in [4.69, 9.17) is 14.2 Å². The lowest BCUT2D eigenvalue weighted by atomic mass is 9.95. The number of hydrogen-bond donors (Lipinski definition) is 4. The van der Waals surface area contributed by atoms with E-state index in [1.165, 1.54) is 20.1 Å². The van der Waals surface area contributed by atoms with E-state index in [-0.39, 0.29) is 28.8 Å². The maximum atomic E-state index is 13.8. The number of carbonyl (C=O) groups is 2. The third-order valence-corrected chi connectivity index (χ3v) is 7.86. The van der Waals surface area contributed by atoms with Gasteiger partial charge in [0.15, 0.2) is 11.5 Å². The first-order valence-electron chi connectivity index (χ1n) is 14.4. The lowest BCUT2D eigenvalue weighted by Gasteiger charge is -2.22. The molecule has 0 aliphatic heterocycles. The van der Waals surface area contributed by atoms with Crippen LogP contribution in [0, 0.1) is 5.92 Å². The third-order valence-electron chi connectivity index (χ3n) is 7.86. The van der Waals surface area contributed by atoms with Gasteiger partial charge in [-0.1, -0.05) is 19.9 Å². The van der Waals surface area contributed by atoms with Gasteiger partial charge in [0.1, 0.15) is 6.04 Å². The second kappa shape index (κ2) is 12.7. The molecule has 230 valence electrons. The maximum absolute atomic E-state index is 13.8. The number of aromatic nitrogens is 2. The Balaban J connectivity index is 1.59. The van der Waals surface area contributed by atoms with E-state index in [0.29, 0.717) is 46.9 Å². The zero-order valence-corrected chi connectivity index (χ0v) is 25.7. The Morgan fingerprint density at radius 3 is 2.45 bits per heavy atom. The predicted octanol–water partition coefficient (Wildman–Crippen LogP) is 4.81. The SMILES string of the molecule is COc1cc2c(c(OC)c1OC)-c1ccc(NC(C(=O)Nc3ccc4nc[nH]c4c3)C(C)C)c(=O)cc1C(NC(C)=O)CC2. The number of carbonyl (C=O) groups excluding carboxylic acids is 2. The van der Waals surface area contributed by atoms with Gasteiger partial charge in [0.25, 0.3) is 0 Å². The minimum Gasteiger partial charge on any atom is -0.493 e. The van der Waals surface area contributed by atoms with Crippen LogP contribution in [0.25, 0.3) is 22.2 Å². The second-order valence-electron chi connectivity index (χ2n) is 11.1. The monoisotopic (exact) mass is 599 g/mol. The molecule has 0 spiro atoms. The maximum Gasteiger partial charge on any atom is 0.247 e. The summed E-state index contributed by atoms with van der Waals surface area (Å²) in [6.07, 6.45) is 2.73. The Kier molecular flexibility index (Phi) is 8.75. The summed E-state index contributed by atoms with van der Waals surface area (Å²) < 4.78 is 17.1. The van der Waals surface area contributed by atoms with Crippen molar-refractivity contribution in [2.45, 2.75) is 45.7 Å². The number of ether oxygens (including phenoxy) is 3. The summed E-state index contributed by atoms with van der Waals surface area (Å²) in [7, 11) is 4.66. The highest BCUT2D eigenvalue weighted by molar-refractivity contribution is 5.98. The van der Waals surface area contributed by atoms with Gasteiger partial charge >= 0.3 is 0 Å². The van der Waals surface area contributed by atoms with Crippen molar-refractivity contribution < 1.29 is 23.8 Å². The average molecular weight is 600 g/mol. The second-order valence-corrected chi connectivity index (χ2v) is 11.1. The molecule has 0 saturated heterocycles. The number of aromatic amines is 1. The van der Waals surface area contributed by atoms with Gasteiger partial charge in [-0.25, -0.2) is 4.98 Å². The Hall–Kier alpha value is -5.06.